The van der Waals surface area contributed by atoms with Gasteiger partial charge in [-0.1, -0.05) is 6.07 Å². The van der Waals surface area contributed by atoms with Crippen LogP contribution in [0.4, 0.5) is 14.5 Å². The molecule has 0 saturated heterocycles. The minimum Gasteiger partial charge on any atom is -0.453 e. The van der Waals surface area contributed by atoms with Gasteiger partial charge in [0.15, 0.2) is 11.6 Å². The minimum atomic E-state index is -1.12. The summed E-state index contributed by atoms with van der Waals surface area (Å²) in [6, 6.07) is 7.96. The predicted molar refractivity (Wildman–Crippen MR) is 75.3 cm³/mol. The molecular weight excluding hydrogens is 278 g/mol. The van der Waals surface area contributed by atoms with Gasteiger partial charge in [0, 0.05) is 25.8 Å². The quantitative estimate of drug-likeness (QED) is 0.885. The smallest absolute Gasteiger partial charge is 0.257 e. The standard InChI is InChI=1S/C15H14F2N2O2/c1-19(2)15(20)10-7-6-9(18)8-13(10)21-12-5-3-4-11(16)14(12)17/h3-8H,18H2,1-2H3. The molecule has 110 valence electrons. The van der Waals surface area contributed by atoms with E-state index in [1.165, 1.54) is 35.2 Å². The molecular formula is C15H14F2N2O2. The van der Waals surface area contributed by atoms with Crippen LogP contribution in [0.15, 0.2) is 36.4 Å². The summed E-state index contributed by atoms with van der Waals surface area (Å²) in [4.78, 5) is 13.4. The van der Waals surface area contributed by atoms with Gasteiger partial charge in [0.1, 0.15) is 5.75 Å². The number of hydrogen-bond donors (Lipinski definition) is 1. The Labute approximate surface area is 120 Å². The summed E-state index contributed by atoms with van der Waals surface area (Å²) in [7, 11) is 3.15. The van der Waals surface area contributed by atoms with Crippen molar-refractivity contribution in [2.45, 2.75) is 0 Å². The van der Waals surface area contributed by atoms with E-state index < -0.39 is 11.6 Å². The molecule has 0 aromatic heterocycles. The Bertz CT molecular complexity index is 687. The zero-order chi connectivity index (χ0) is 15.6. The van der Waals surface area contributed by atoms with Crippen molar-refractivity contribution >= 4 is 11.6 Å². The van der Waals surface area contributed by atoms with Crippen molar-refractivity contribution in [1.82, 2.24) is 4.90 Å². The highest BCUT2D eigenvalue weighted by Gasteiger charge is 2.17. The number of carbonyl (C=O) groups is 1. The summed E-state index contributed by atoms with van der Waals surface area (Å²) in [5.74, 6) is -2.73. The minimum absolute atomic E-state index is 0.0678. The fourth-order valence-electron chi connectivity index (χ4n) is 1.72. The van der Waals surface area contributed by atoms with Gasteiger partial charge in [0.2, 0.25) is 5.82 Å². The molecule has 0 atom stereocenters. The van der Waals surface area contributed by atoms with Crippen LogP contribution in [0.25, 0.3) is 0 Å². The van der Waals surface area contributed by atoms with Crippen molar-refractivity contribution in [2.24, 2.45) is 0 Å². The maximum absolute atomic E-state index is 13.7. The van der Waals surface area contributed by atoms with Gasteiger partial charge in [0.25, 0.3) is 5.91 Å². The van der Waals surface area contributed by atoms with Crippen molar-refractivity contribution < 1.29 is 18.3 Å². The fourth-order valence-corrected chi connectivity index (χ4v) is 1.72. The molecule has 2 rings (SSSR count). The first-order valence-corrected chi connectivity index (χ1v) is 6.13. The van der Waals surface area contributed by atoms with E-state index in [9.17, 15) is 13.6 Å². The summed E-state index contributed by atoms with van der Waals surface area (Å²) in [5.41, 5.74) is 6.20. The zero-order valence-corrected chi connectivity index (χ0v) is 11.6. The van der Waals surface area contributed by atoms with E-state index in [-0.39, 0.29) is 23.0 Å². The van der Waals surface area contributed by atoms with Crippen LogP contribution in [0, 0.1) is 11.6 Å². The second kappa shape index (κ2) is 5.78. The third kappa shape index (κ3) is 3.10. The molecule has 0 saturated carbocycles. The normalized spacial score (nSPS) is 10.3. The molecule has 0 heterocycles. The van der Waals surface area contributed by atoms with Crippen LogP contribution >= 0.6 is 0 Å². The van der Waals surface area contributed by atoms with Gasteiger partial charge < -0.3 is 15.4 Å². The number of nitrogen functional groups attached to an aromatic ring is 1. The molecule has 1 amide bonds. The Morgan fingerprint density at radius 2 is 1.86 bits per heavy atom. The molecule has 2 aromatic carbocycles. The SMILES string of the molecule is CN(C)C(=O)c1ccc(N)cc1Oc1cccc(F)c1F. The first-order chi connectivity index (χ1) is 9.90. The number of ether oxygens (including phenoxy) is 1. The Kier molecular flexibility index (Phi) is 4.07. The van der Waals surface area contributed by atoms with E-state index in [2.05, 4.69) is 0 Å². The summed E-state index contributed by atoms with van der Waals surface area (Å²) < 4.78 is 32.2. The van der Waals surface area contributed by atoms with E-state index in [4.69, 9.17) is 10.5 Å². The average molecular weight is 292 g/mol. The lowest BCUT2D eigenvalue weighted by Crippen LogP contribution is -2.22. The number of anilines is 1. The first kappa shape index (κ1) is 14.8. The van der Waals surface area contributed by atoms with Crippen LogP contribution in [0.1, 0.15) is 10.4 Å². The average Bonchev–Trinajstić information content (AvgIpc) is 2.43. The monoisotopic (exact) mass is 292 g/mol. The molecule has 2 aromatic rings. The summed E-state index contributed by atoms with van der Waals surface area (Å²) in [6.07, 6.45) is 0. The van der Waals surface area contributed by atoms with E-state index in [0.717, 1.165) is 6.07 Å². The second-order valence-corrected chi connectivity index (χ2v) is 4.61. The van der Waals surface area contributed by atoms with Crippen LogP contribution in [0.2, 0.25) is 0 Å². The third-order valence-electron chi connectivity index (χ3n) is 2.78. The van der Waals surface area contributed by atoms with Crippen LogP contribution in [0.5, 0.6) is 11.5 Å². The van der Waals surface area contributed by atoms with E-state index in [0.29, 0.717) is 5.69 Å². The number of amides is 1. The Balaban J connectivity index is 2.46. The van der Waals surface area contributed by atoms with E-state index in [1.807, 2.05) is 0 Å². The second-order valence-electron chi connectivity index (χ2n) is 4.61. The number of nitrogens with two attached hydrogens (primary N) is 1. The van der Waals surface area contributed by atoms with Crippen LogP contribution in [-0.4, -0.2) is 24.9 Å². The van der Waals surface area contributed by atoms with Crippen LogP contribution < -0.4 is 10.5 Å². The summed E-state index contributed by atoms with van der Waals surface area (Å²) in [5, 5.41) is 0. The lowest BCUT2D eigenvalue weighted by atomic mass is 10.1. The Morgan fingerprint density at radius 1 is 1.14 bits per heavy atom. The molecule has 4 nitrogen and oxygen atoms in total. The molecule has 0 bridgehead atoms. The molecule has 0 aliphatic rings. The largest absolute Gasteiger partial charge is 0.453 e. The van der Waals surface area contributed by atoms with Crippen molar-refractivity contribution in [2.75, 3.05) is 19.8 Å². The van der Waals surface area contributed by atoms with E-state index >= 15 is 0 Å². The predicted octanol–water partition coefficient (Wildman–Crippen LogP) is 3.04. The topological polar surface area (TPSA) is 55.6 Å². The van der Waals surface area contributed by atoms with E-state index in [1.54, 1.807) is 14.1 Å². The molecule has 0 radical (unpaired) electrons. The van der Waals surface area contributed by atoms with Gasteiger partial charge in [-0.3, -0.25) is 4.79 Å². The summed E-state index contributed by atoms with van der Waals surface area (Å²) >= 11 is 0. The molecule has 2 N–H and O–H groups in total. The van der Waals surface area contributed by atoms with Gasteiger partial charge in [-0.15, -0.1) is 0 Å². The van der Waals surface area contributed by atoms with Crippen LogP contribution in [0.3, 0.4) is 0 Å². The highest BCUT2D eigenvalue weighted by Crippen LogP contribution is 2.30. The van der Waals surface area contributed by atoms with Crippen LogP contribution in [-0.2, 0) is 0 Å². The Hall–Kier alpha value is -2.63. The first-order valence-electron chi connectivity index (χ1n) is 6.13. The molecule has 0 unspecified atom stereocenters. The maximum atomic E-state index is 13.7. The number of hydrogen-bond acceptors (Lipinski definition) is 3. The highest BCUT2D eigenvalue weighted by atomic mass is 19.2. The number of nitrogens with zero attached hydrogens (tertiary/aromatic N) is 1. The molecule has 0 aliphatic heterocycles. The molecule has 0 spiro atoms. The number of carbonyl (C=O) groups excluding carboxylic acids is 1. The molecule has 0 fully saturated rings. The number of rotatable bonds is 3. The van der Waals surface area contributed by atoms with Crippen molar-refractivity contribution in [3.05, 3.63) is 53.6 Å². The van der Waals surface area contributed by atoms with Gasteiger partial charge in [0.05, 0.1) is 5.56 Å². The van der Waals surface area contributed by atoms with Gasteiger partial charge in [-0.05, 0) is 24.3 Å². The van der Waals surface area contributed by atoms with Gasteiger partial charge >= 0.3 is 0 Å². The van der Waals surface area contributed by atoms with Gasteiger partial charge in [-0.25, -0.2) is 4.39 Å². The molecule has 0 aliphatic carbocycles. The highest BCUT2D eigenvalue weighted by molar-refractivity contribution is 5.97. The van der Waals surface area contributed by atoms with Gasteiger partial charge in [-0.2, -0.15) is 4.39 Å². The Morgan fingerprint density at radius 3 is 2.52 bits per heavy atom. The van der Waals surface area contributed by atoms with Crippen molar-refractivity contribution in [3.8, 4) is 11.5 Å². The molecule has 6 heteroatoms. The summed E-state index contributed by atoms with van der Waals surface area (Å²) in [6.45, 7) is 0. The lowest BCUT2D eigenvalue weighted by Gasteiger charge is -2.15. The third-order valence-corrected chi connectivity index (χ3v) is 2.78. The zero-order valence-electron chi connectivity index (χ0n) is 11.6. The van der Waals surface area contributed by atoms with Crippen molar-refractivity contribution in [3.63, 3.8) is 0 Å². The fraction of sp³-hybridized carbons (Fsp3) is 0.133. The number of halogens is 2. The molecule has 21 heavy (non-hydrogen) atoms. The van der Waals surface area contributed by atoms with Crippen molar-refractivity contribution in [1.29, 1.82) is 0 Å². The number of benzene rings is 2. The lowest BCUT2D eigenvalue weighted by molar-refractivity contribution is 0.0825. The maximum Gasteiger partial charge on any atom is 0.257 e.